The Kier molecular flexibility index (Phi) is 6.03. The Morgan fingerprint density at radius 3 is 2.19 bits per heavy atom. The van der Waals surface area contributed by atoms with E-state index in [2.05, 4.69) is 9.88 Å². The minimum atomic E-state index is -3.73. The summed E-state index contributed by atoms with van der Waals surface area (Å²) in [5, 5.41) is 0. The molecule has 7 nitrogen and oxygen atoms in total. The molecule has 1 aromatic heterocycles. The number of pyridine rings is 1. The Morgan fingerprint density at radius 1 is 0.968 bits per heavy atom. The normalized spacial score (nSPS) is 20.3. The van der Waals surface area contributed by atoms with Gasteiger partial charge in [-0.3, -0.25) is 9.78 Å². The van der Waals surface area contributed by atoms with Gasteiger partial charge in [-0.25, -0.2) is 8.42 Å². The van der Waals surface area contributed by atoms with Crippen molar-refractivity contribution in [3.63, 3.8) is 0 Å². The molecule has 1 amide bonds. The molecule has 0 spiro atoms. The van der Waals surface area contributed by atoms with Crippen LogP contribution in [0.25, 0.3) is 0 Å². The van der Waals surface area contributed by atoms with Gasteiger partial charge in [0.25, 0.3) is 0 Å². The fourth-order valence-corrected chi connectivity index (χ4v) is 6.98. The van der Waals surface area contributed by atoms with Crippen LogP contribution in [0.15, 0.2) is 41.6 Å². The van der Waals surface area contributed by atoms with Gasteiger partial charge in [-0.15, -0.1) is 0 Å². The van der Waals surface area contributed by atoms with E-state index >= 15 is 0 Å². The van der Waals surface area contributed by atoms with Gasteiger partial charge >= 0.3 is 0 Å². The van der Waals surface area contributed by atoms with E-state index in [9.17, 15) is 13.2 Å². The van der Waals surface area contributed by atoms with Crippen molar-refractivity contribution in [2.45, 2.75) is 44.6 Å². The number of carbonyl (C=O) groups is 1. The Labute approximate surface area is 184 Å². The van der Waals surface area contributed by atoms with Crippen LogP contribution in [0.5, 0.6) is 0 Å². The maximum absolute atomic E-state index is 13.6. The average Bonchev–Trinajstić information content (AvgIpc) is 3.24. The molecule has 2 aromatic rings. The molecule has 31 heavy (non-hydrogen) atoms. The van der Waals surface area contributed by atoms with Gasteiger partial charge in [-0.05, 0) is 56.9 Å². The maximum Gasteiger partial charge on any atom is 0.244 e. The quantitative estimate of drug-likeness (QED) is 0.727. The molecule has 2 saturated heterocycles. The minimum absolute atomic E-state index is 0.0714. The van der Waals surface area contributed by atoms with Gasteiger partial charge in [0.05, 0.1) is 4.90 Å². The summed E-state index contributed by atoms with van der Waals surface area (Å²) in [6, 6.07) is 7.11. The lowest BCUT2D eigenvalue weighted by atomic mass is 10.1. The van der Waals surface area contributed by atoms with Gasteiger partial charge in [-0.1, -0.05) is 17.7 Å². The van der Waals surface area contributed by atoms with Gasteiger partial charge in [0.15, 0.2) is 0 Å². The zero-order valence-corrected chi connectivity index (χ0v) is 19.2. The summed E-state index contributed by atoms with van der Waals surface area (Å²) in [6.45, 7) is 8.65. The van der Waals surface area contributed by atoms with Crippen LogP contribution in [0.1, 0.15) is 29.5 Å². The summed E-state index contributed by atoms with van der Waals surface area (Å²) in [5.41, 5.74) is 3.61. The van der Waals surface area contributed by atoms with Crippen LogP contribution in [0.2, 0.25) is 0 Å². The van der Waals surface area contributed by atoms with Crippen LogP contribution in [0.4, 0.5) is 5.69 Å². The van der Waals surface area contributed by atoms with Crippen molar-refractivity contribution in [1.29, 1.82) is 0 Å². The van der Waals surface area contributed by atoms with E-state index in [0.29, 0.717) is 37.4 Å². The molecule has 0 aliphatic carbocycles. The number of amides is 1. The fourth-order valence-electron chi connectivity index (χ4n) is 4.92. The molecule has 2 aliphatic rings. The van der Waals surface area contributed by atoms with Crippen LogP contribution >= 0.6 is 0 Å². The van der Waals surface area contributed by atoms with E-state index < -0.39 is 16.1 Å². The highest BCUT2D eigenvalue weighted by Crippen LogP contribution is 2.31. The van der Waals surface area contributed by atoms with E-state index in [1.165, 1.54) is 4.31 Å². The summed E-state index contributed by atoms with van der Waals surface area (Å²) < 4.78 is 28.6. The zero-order chi connectivity index (χ0) is 22.2. The van der Waals surface area contributed by atoms with Crippen molar-refractivity contribution < 1.29 is 13.2 Å². The van der Waals surface area contributed by atoms with Gasteiger partial charge in [0.1, 0.15) is 6.04 Å². The van der Waals surface area contributed by atoms with Crippen molar-refractivity contribution in [2.24, 2.45) is 0 Å². The number of aromatic nitrogens is 1. The molecule has 166 valence electrons. The third kappa shape index (κ3) is 4.19. The summed E-state index contributed by atoms with van der Waals surface area (Å²) in [4.78, 5) is 21.8. The topological polar surface area (TPSA) is 73.8 Å². The summed E-state index contributed by atoms with van der Waals surface area (Å²) in [7, 11) is -3.73. The molecule has 2 aliphatic heterocycles. The smallest absolute Gasteiger partial charge is 0.244 e. The van der Waals surface area contributed by atoms with E-state index in [0.717, 1.165) is 35.5 Å². The third-order valence-electron chi connectivity index (χ3n) is 6.28. The van der Waals surface area contributed by atoms with Crippen LogP contribution in [-0.4, -0.2) is 67.3 Å². The summed E-state index contributed by atoms with van der Waals surface area (Å²) in [5.74, 6) is -0.0714. The van der Waals surface area contributed by atoms with Crippen LogP contribution < -0.4 is 4.90 Å². The molecule has 3 heterocycles. The predicted molar refractivity (Wildman–Crippen MR) is 121 cm³/mol. The van der Waals surface area contributed by atoms with Crippen molar-refractivity contribution in [3.05, 3.63) is 53.3 Å². The van der Waals surface area contributed by atoms with Crippen LogP contribution in [0, 0.1) is 20.8 Å². The summed E-state index contributed by atoms with van der Waals surface area (Å²) in [6.07, 6.45) is 4.81. The maximum atomic E-state index is 13.6. The largest absolute Gasteiger partial charge is 0.368 e. The number of rotatable bonds is 4. The fraction of sp³-hybridized carbons (Fsp3) is 0.478. The standard InChI is InChI=1S/C23H30N4O3S/c1-17-15-18(2)22(19(3)16-17)31(29,30)27-10-4-5-21(27)23(28)26-13-11-25(12-14-26)20-6-8-24-9-7-20/h6-9,15-16,21H,4-5,10-14H2,1-3H3. The number of carbonyl (C=O) groups excluding carboxylic acids is 1. The molecule has 4 rings (SSSR count). The second kappa shape index (κ2) is 8.59. The number of anilines is 1. The highest BCUT2D eigenvalue weighted by Gasteiger charge is 2.42. The predicted octanol–water partition coefficient (Wildman–Crippen LogP) is 2.51. The number of hydrogen-bond donors (Lipinski definition) is 0. The lowest BCUT2D eigenvalue weighted by Crippen LogP contribution is -2.54. The SMILES string of the molecule is Cc1cc(C)c(S(=O)(=O)N2CCCC2C(=O)N2CCN(c3ccncc3)CC2)c(C)c1. The number of aryl methyl sites for hydroxylation is 3. The lowest BCUT2D eigenvalue weighted by molar-refractivity contribution is -0.134. The van der Waals surface area contributed by atoms with Crippen LogP contribution in [-0.2, 0) is 14.8 Å². The van der Waals surface area contributed by atoms with Crippen LogP contribution in [0.3, 0.4) is 0 Å². The van der Waals surface area contributed by atoms with E-state index in [1.807, 2.05) is 49.9 Å². The Balaban J connectivity index is 1.51. The molecule has 0 bridgehead atoms. The van der Waals surface area contributed by atoms with E-state index in [4.69, 9.17) is 0 Å². The first kappa shape index (κ1) is 21.8. The molecule has 2 fully saturated rings. The zero-order valence-electron chi connectivity index (χ0n) is 18.4. The second-order valence-corrected chi connectivity index (χ2v) is 10.3. The van der Waals surface area contributed by atoms with Crippen molar-refractivity contribution in [2.75, 3.05) is 37.6 Å². The Hall–Kier alpha value is -2.45. The molecule has 0 radical (unpaired) electrons. The first-order chi connectivity index (χ1) is 14.8. The van der Waals surface area contributed by atoms with Gasteiger partial charge in [-0.2, -0.15) is 4.31 Å². The monoisotopic (exact) mass is 442 g/mol. The highest BCUT2D eigenvalue weighted by atomic mass is 32.2. The Bertz CT molecular complexity index is 1040. The number of sulfonamides is 1. The molecular weight excluding hydrogens is 412 g/mol. The number of nitrogens with zero attached hydrogens (tertiary/aromatic N) is 4. The first-order valence-corrected chi connectivity index (χ1v) is 12.3. The molecule has 1 aromatic carbocycles. The molecule has 1 atom stereocenters. The van der Waals surface area contributed by atoms with Crippen molar-refractivity contribution in [1.82, 2.24) is 14.2 Å². The highest BCUT2D eigenvalue weighted by molar-refractivity contribution is 7.89. The molecule has 1 unspecified atom stereocenters. The van der Waals surface area contributed by atoms with E-state index in [-0.39, 0.29) is 5.91 Å². The average molecular weight is 443 g/mol. The molecule has 0 saturated carbocycles. The molecular formula is C23H30N4O3S. The third-order valence-corrected chi connectivity index (χ3v) is 8.49. The number of benzene rings is 1. The molecule has 8 heteroatoms. The first-order valence-electron chi connectivity index (χ1n) is 10.8. The van der Waals surface area contributed by atoms with Gasteiger partial charge < -0.3 is 9.80 Å². The number of hydrogen-bond acceptors (Lipinski definition) is 5. The van der Waals surface area contributed by atoms with Gasteiger partial charge in [0, 0.05) is 50.8 Å². The van der Waals surface area contributed by atoms with Gasteiger partial charge in [0.2, 0.25) is 15.9 Å². The Morgan fingerprint density at radius 2 is 1.58 bits per heavy atom. The summed E-state index contributed by atoms with van der Waals surface area (Å²) >= 11 is 0. The minimum Gasteiger partial charge on any atom is -0.368 e. The van der Waals surface area contributed by atoms with Crippen molar-refractivity contribution >= 4 is 21.6 Å². The second-order valence-electron chi connectivity index (χ2n) is 8.52. The van der Waals surface area contributed by atoms with E-state index in [1.54, 1.807) is 12.4 Å². The number of piperazine rings is 1. The van der Waals surface area contributed by atoms with Crippen molar-refractivity contribution in [3.8, 4) is 0 Å². The molecule has 0 N–H and O–H groups in total. The lowest BCUT2D eigenvalue weighted by Gasteiger charge is -2.38.